The van der Waals surface area contributed by atoms with Gasteiger partial charge in [-0.25, -0.2) is 0 Å². The predicted octanol–water partition coefficient (Wildman–Crippen LogP) is 2.97. The van der Waals surface area contributed by atoms with Gasteiger partial charge < -0.3 is 15.1 Å². The standard InChI is InChI=1S/C15H24BrNO2/c1-4-17(11-15(2,3)19)10-9-14(18)12-7-5-6-8-13(12)16/h5-8,14,18-19H,4,9-11H2,1-3H3. The van der Waals surface area contributed by atoms with E-state index in [0.29, 0.717) is 13.0 Å². The summed E-state index contributed by atoms with van der Waals surface area (Å²) in [6, 6.07) is 7.73. The third-order valence-corrected chi connectivity index (χ3v) is 3.76. The first-order chi connectivity index (χ1) is 8.83. The van der Waals surface area contributed by atoms with Crippen LogP contribution in [-0.2, 0) is 0 Å². The molecule has 0 amide bonds. The lowest BCUT2D eigenvalue weighted by molar-refractivity contribution is 0.0321. The van der Waals surface area contributed by atoms with Gasteiger partial charge in [-0.15, -0.1) is 0 Å². The number of benzene rings is 1. The lowest BCUT2D eigenvalue weighted by Crippen LogP contribution is -2.39. The normalized spacial score (nSPS) is 13.8. The molecule has 0 fully saturated rings. The Kier molecular flexibility index (Phi) is 6.47. The van der Waals surface area contributed by atoms with Crippen LogP contribution in [0.5, 0.6) is 0 Å². The number of aliphatic hydroxyl groups is 2. The molecule has 0 aliphatic carbocycles. The molecule has 1 aromatic carbocycles. The Morgan fingerprint density at radius 2 is 1.95 bits per heavy atom. The van der Waals surface area contributed by atoms with E-state index in [1.165, 1.54) is 0 Å². The molecule has 0 aliphatic heterocycles. The Hall–Kier alpha value is -0.420. The lowest BCUT2D eigenvalue weighted by Gasteiger charge is -2.28. The second-order valence-corrected chi connectivity index (χ2v) is 6.36. The van der Waals surface area contributed by atoms with Gasteiger partial charge in [0, 0.05) is 17.6 Å². The summed E-state index contributed by atoms with van der Waals surface area (Å²) in [5.74, 6) is 0. The highest BCUT2D eigenvalue weighted by molar-refractivity contribution is 9.10. The maximum atomic E-state index is 10.2. The molecular weight excluding hydrogens is 306 g/mol. The SMILES string of the molecule is CCN(CCC(O)c1ccccc1Br)CC(C)(C)O. The number of hydrogen-bond acceptors (Lipinski definition) is 3. The summed E-state index contributed by atoms with van der Waals surface area (Å²) in [5, 5.41) is 20.1. The molecule has 1 aromatic rings. The average Bonchev–Trinajstić information content (AvgIpc) is 2.33. The Balaban J connectivity index is 2.53. The smallest absolute Gasteiger partial charge is 0.0813 e. The van der Waals surface area contributed by atoms with Gasteiger partial charge in [0.05, 0.1) is 11.7 Å². The first-order valence-corrected chi connectivity index (χ1v) is 7.50. The minimum Gasteiger partial charge on any atom is -0.389 e. The topological polar surface area (TPSA) is 43.7 Å². The molecular formula is C15H24BrNO2. The number of likely N-dealkylation sites (N-methyl/N-ethyl adjacent to an activating group) is 1. The molecule has 1 unspecified atom stereocenters. The molecule has 0 aromatic heterocycles. The van der Waals surface area contributed by atoms with Crippen LogP contribution in [0.1, 0.15) is 38.9 Å². The summed E-state index contributed by atoms with van der Waals surface area (Å²) in [5.41, 5.74) is 0.218. The highest BCUT2D eigenvalue weighted by Crippen LogP contribution is 2.25. The van der Waals surface area contributed by atoms with Crippen LogP contribution in [0.15, 0.2) is 28.7 Å². The van der Waals surface area contributed by atoms with Crippen molar-refractivity contribution in [3.05, 3.63) is 34.3 Å². The van der Waals surface area contributed by atoms with Crippen molar-refractivity contribution in [3.8, 4) is 0 Å². The molecule has 108 valence electrons. The third kappa shape index (κ3) is 6.04. The van der Waals surface area contributed by atoms with Crippen molar-refractivity contribution in [2.75, 3.05) is 19.6 Å². The maximum Gasteiger partial charge on any atom is 0.0813 e. The van der Waals surface area contributed by atoms with E-state index in [9.17, 15) is 10.2 Å². The van der Waals surface area contributed by atoms with Crippen LogP contribution in [0, 0.1) is 0 Å². The van der Waals surface area contributed by atoms with Gasteiger partial charge in [-0.05, 0) is 38.4 Å². The third-order valence-electron chi connectivity index (χ3n) is 3.04. The van der Waals surface area contributed by atoms with Crippen LogP contribution in [0.25, 0.3) is 0 Å². The molecule has 0 saturated carbocycles. The molecule has 0 saturated heterocycles. The van der Waals surface area contributed by atoms with Gasteiger partial charge in [0.1, 0.15) is 0 Å². The van der Waals surface area contributed by atoms with Crippen molar-refractivity contribution in [3.63, 3.8) is 0 Å². The van der Waals surface area contributed by atoms with Gasteiger partial charge in [0.15, 0.2) is 0 Å². The summed E-state index contributed by atoms with van der Waals surface area (Å²) in [4.78, 5) is 2.15. The summed E-state index contributed by atoms with van der Waals surface area (Å²) < 4.78 is 0.938. The van der Waals surface area contributed by atoms with Gasteiger partial charge >= 0.3 is 0 Å². The fourth-order valence-electron chi connectivity index (χ4n) is 2.10. The Labute approximate surface area is 124 Å². The van der Waals surface area contributed by atoms with Crippen molar-refractivity contribution in [2.24, 2.45) is 0 Å². The molecule has 1 rings (SSSR count). The van der Waals surface area contributed by atoms with Gasteiger partial charge in [-0.2, -0.15) is 0 Å². The number of halogens is 1. The largest absolute Gasteiger partial charge is 0.389 e. The molecule has 0 spiro atoms. The fourth-order valence-corrected chi connectivity index (χ4v) is 2.65. The zero-order chi connectivity index (χ0) is 14.5. The number of hydrogen-bond donors (Lipinski definition) is 2. The summed E-state index contributed by atoms with van der Waals surface area (Å²) in [6.45, 7) is 7.93. The molecule has 0 heterocycles. The first-order valence-electron chi connectivity index (χ1n) is 6.70. The minimum atomic E-state index is -0.700. The van der Waals surface area contributed by atoms with Crippen molar-refractivity contribution in [2.45, 2.75) is 38.9 Å². The van der Waals surface area contributed by atoms with Gasteiger partial charge in [-0.3, -0.25) is 0 Å². The fraction of sp³-hybridized carbons (Fsp3) is 0.600. The van der Waals surface area contributed by atoms with Gasteiger partial charge in [0.2, 0.25) is 0 Å². The molecule has 0 radical (unpaired) electrons. The Bertz CT molecular complexity index is 390. The van der Waals surface area contributed by atoms with E-state index in [1.807, 2.05) is 24.3 Å². The highest BCUT2D eigenvalue weighted by Gasteiger charge is 2.18. The lowest BCUT2D eigenvalue weighted by atomic mass is 10.1. The zero-order valence-corrected chi connectivity index (χ0v) is 13.5. The number of aliphatic hydroxyl groups excluding tert-OH is 1. The van der Waals surface area contributed by atoms with E-state index in [0.717, 1.165) is 23.1 Å². The molecule has 19 heavy (non-hydrogen) atoms. The van der Waals surface area contributed by atoms with Crippen LogP contribution < -0.4 is 0 Å². The number of nitrogens with zero attached hydrogens (tertiary/aromatic N) is 1. The van der Waals surface area contributed by atoms with Crippen LogP contribution in [-0.4, -0.2) is 40.3 Å². The van der Waals surface area contributed by atoms with Crippen molar-refractivity contribution in [1.29, 1.82) is 0 Å². The Morgan fingerprint density at radius 1 is 1.32 bits per heavy atom. The van der Waals surface area contributed by atoms with E-state index >= 15 is 0 Å². The molecule has 1 atom stereocenters. The zero-order valence-electron chi connectivity index (χ0n) is 11.9. The van der Waals surface area contributed by atoms with E-state index < -0.39 is 11.7 Å². The summed E-state index contributed by atoms with van der Waals surface area (Å²) in [7, 11) is 0. The van der Waals surface area contributed by atoms with Crippen LogP contribution in [0.4, 0.5) is 0 Å². The van der Waals surface area contributed by atoms with Gasteiger partial charge in [-0.1, -0.05) is 41.1 Å². The second-order valence-electron chi connectivity index (χ2n) is 5.51. The summed E-state index contributed by atoms with van der Waals surface area (Å²) in [6.07, 6.45) is 0.179. The van der Waals surface area contributed by atoms with E-state index in [2.05, 4.69) is 27.8 Å². The molecule has 0 aliphatic rings. The van der Waals surface area contributed by atoms with Crippen molar-refractivity contribution in [1.82, 2.24) is 4.90 Å². The van der Waals surface area contributed by atoms with Crippen LogP contribution in [0.2, 0.25) is 0 Å². The number of rotatable bonds is 7. The van der Waals surface area contributed by atoms with E-state index in [1.54, 1.807) is 13.8 Å². The maximum absolute atomic E-state index is 10.2. The van der Waals surface area contributed by atoms with Crippen molar-refractivity contribution >= 4 is 15.9 Å². The predicted molar refractivity (Wildman–Crippen MR) is 82.1 cm³/mol. The van der Waals surface area contributed by atoms with Gasteiger partial charge in [0.25, 0.3) is 0 Å². The minimum absolute atomic E-state index is 0.480. The highest BCUT2D eigenvalue weighted by atomic mass is 79.9. The van der Waals surface area contributed by atoms with Crippen molar-refractivity contribution < 1.29 is 10.2 Å². The van der Waals surface area contributed by atoms with Crippen LogP contribution in [0.3, 0.4) is 0 Å². The van der Waals surface area contributed by atoms with E-state index in [4.69, 9.17) is 0 Å². The monoisotopic (exact) mass is 329 g/mol. The molecule has 2 N–H and O–H groups in total. The Morgan fingerprint density at radius 3 is 2.47 bits per heavy atom. The van der Waals surface area contributed by atoms with Crippen LogP contribution >= 0.6 is 15.9 Å². The average molecular weight is 330 g/mol. The molecule has 4 heteroatoms. The quantitative estimate of drug-likeness (QED) is 0.808. The first kappa shape index (κ1) is 16.6. The summed E-state index contributed by atoms with van der Waals surface area (Å²) >= 11 is 3.46. The molecule has 0 bridgehead atoms. The van der Waals surface area contributed by atoms with E-state index in [-0.39, 0.29) is 0 Å². The molecule has 3 nitrogen and oxygen atoms in total. The second kappa shape index (κ2) is 7.39.